The summed E-state index contributed by atoms with van der Waals surface area (Å²) in [4.78, 5) is 4.13. The van der Waals surface area contributed by atoms with Crippen molar-refractivity contribution in [2.24, 2.45) is 0 Å². The molecule has 48 valence electrons. The Labute approximate surface area is 63.2 Å². The normalized spacial score (nSPS) is 9.56. The van der Waals surface area contributed by atoms with Gasteiger partial charge in [0.2, 0.25) is 0 Å². The predicted octanol–water partition coefficient (Wildman–Crippen LogP) is 2.41. The number of nitrogens with zero attached hydrogens (tertiary/aromatic N) is 1. The zero-order chi connectivity index (χ0) is 6.69. The lowest BCUT2D eigenvalue weighted by Gasteiger charge is -1.93. The van der Waals surface area contributed by atoms with Gasteiger partial charge in [-0.25, -0.2) is 0 Å². The van der Waals surface area contributed by atoms with E-state index in [0.717, 1.165) is 16.6 Å². The van der Waals surface area contributed by atoms with E-state index in [9.17, 15) is 0 Å². The Bertz CT molecular complexity index is 198. The number of aromatic nitrogens is 1. The largest absolute Gasteiger partial charge is 0.261 e. The van der Waals surface area contributed by atoms with Crippen molar-refractivity contribution in [1.82, 2.24) is 4.98 Å². The van der Waals surface area contributed by atoms with Crippen LogP contribution < -0.4 is 0 Å². The maximum absolute atomic E-state index is 4.13. The van der Waals surface area contributed by atoms with Crippen molar-refractivity contribution in [3.63, 3.8) is 0 Å². The van der Waals surface area contributed by atoms with E-state index in [1.54, 1.807) is 0 Å². The average Bonchev–Trinajstić information content (AvgIpc) is 1.88. The van der Waals surface area contributed by atoms with Crippen molar-refractivity contribution in [3.8, 4) is 0 Å². The fraction of sp³-hybridized carbons (Fsp3) is 0.286. The van der Waals surface area contributed by atoms with Gasteiger partial charge in [0.1, 0.15) is 0 Å². The quantitative estimate of drug-likeness (QED) is 0.656. The van der Waals surface area contributed by atoms with Gasteiger partial charge in [0, 0.05) is 16.4 Å². The van der Waals surface area contributed by atoms with Gasteiger partial charge in [0.25, 0.3) is 0 Å². The molecule has 2 heteroatoms. The molecule has 0 aliphatic rings. The highest BCUT2D eigenvalue weighted by Crippen LogP contribution is 2.08. The van der Waals surface area contributed by atoms with Crippen molar-refractivity contribution < 1.29 is 0 Å². The highest BCUT2D eigenvalue weighted by atomic mass is 79.9. The molecule has 0 N–H and O–H groups in total. The van der Waals surface area contributed by atoms with Crippen LogP contribution >= 0.6 is 15.9 Å². The number of aryl methyl sites for hydroxylation is 1. The van der Waals surface area contributed by atoms with Crippen molar-refractivity contribution >= 4 is 15.9 Å². The molecule has 1 aromatic heterocycles. The maximum Gasteiger partial charge on any atom is 0.0412 e. The van der Waals surface area contributed by atoms with Gasteiger partial charge in [-0.05, 0) is 18.6 Å². The molecular weight excluding hydrogens is 178 g/mol. The van der Waals surface area contributed by atoms with Crippen LogP contribution in [-0.4, -0.2) is 4.98 Å². The van der Waals surface area contributed by atoms with Crippen LogP contribution in [0.1, 0.15) is 12.6 Å². The molecule has 1 heterocycles. The number of hydrogen-bond acceptors (Lipinski definition) is 1. The molecule has 0 saturated carbocycles. The Balaban J connectivity index is 2.94. The first-order valence-electron chi connectivity index (χ1n) is 2.93. The molecule has 0 bridgehead atoms. The van der Waals surface area contributed by atoms with Gasteiger partial charge in [-0.1, -0.05) is 22.9 Å². The molecule has 0 aliphatic carbocycles. The molecule has 1 aromatic rings. The van der Waals surface area contributed by atoms with E-state index in [4.69, 9.17) is 0 Å². The van der Waals surface area contributed by atoms with Gasteiger partial charge >= 0.3 is 0 Å². The summed E-state index contributed by atoms with van der Waals surface area (Å²) in [5, 5.41) is 0. The van der Waals surface area contributed by atoms with Crippen molar-refractivity contribution in [2.45, 2.75) is 13.3 Å². The minimum absolute atomic E-state index is 0.999. The number of halogens is 1. The van der Waals surface area contributed by atoms with E-state index in [-0.39, 0.29) is 0 Å². The summed E-state index contributed by atoms with van der Waals surface area (Å²) in [6, 6.07) is 3.96. The Morgan fingerprint density at radius 2 is 2.44 bits per heavy atom. The summed E-state index contributed by atoms with van der Waals surface area (Å²) in [6.07, 6.45) is 2.81. The predicted molar refractivity (Wildman–Crippen MR) is 41.3 cm³/mol. The lowest BCUT2D eigenvalue weighted by atomic mass is 10.3. The van der Waals surface area contributed by atoms with Crippen molar-refractivity contribution in [1.29, 1.82) is 0 Å². The first kappa shape index (κ1) is 6.75. The van der Waals surface area contributed by atoms with Gasteiger partial charge in [0.15, 0.2) is 0 Å². The van der Waals surface area contributed by atoms with Gasteiger partial charge < -0.3 is 0 Å². The molecule has 0 radical (unpaired) electrons. The van der Waals surface area contributed by atoms with Crippen LogP contribution in [0.5, 0.6) is 0 Å². The van der Waals surface area contributed by atoms with E-state index < -0.39 is 0 Å². The highest BCUT2D eigenvalue weighted by molar-refractivity contribution is 9.10. The Morgan fingerprint density at radius 1 is 1.67 bits per heavy atom. The van der Waals surface area contributed by atoms with Crippen LogP contribution in [0.4, 0.5) is 0 Å². The van der Waals surface area contributed by atoms with Crippen LogP contribution in [0.3, 0.4) is 0 Å². The lowest BCUT2D eigenvalue weighted by molar-refractivity contribution is 1.03. The monoisotopic (exact) mass is 185 g/mol. The summed E-state index contributed by atoms with van der Waals surface area (Å²) in [7, 11) is 0. The fourth-order valence-electron chi connectivity index (χ4n) is 0.642. The molecule has 0 atom stereocenters. The van der Waals surface area contributed by atoms with E-state index in [1.165, 1.54) is 0 Å². The maximum atomic E-state index is 4.13. The van der Waals surface area contributed by atoms with Crippen LogP contribution in [0.15, 0.2) is 22.8 Å². The molecular formula is C7H8BrN. The molecule has 9 heavy (non-hydrogen) atoms. The van der Waals surface area contributed by atoms with E-state index in [0.29, 0.717) is 0 Å². The van der Waals surface area contributed by atoms with Crippen molar-refractivity contribution in [2.75, 3.05) is 0 Å². The zero-order valence-corrected chi connectivity index (χ0v) is 6.85. The van der Waals surface area contributed by atoms with Crippen LogP contribution in [0.2, 0.25) is 0 Å². The number of hydrogen-bond donors (Lipinski definition) is 0. The molecule has 0 aromatic carbocycles. The zero-order valence-electron chi connectivity index (χ0n) is 5.26. The third-order valence-electron chi connectivity index (χ3n) is 1.14. The summed E-state index contributed by atoms with van der Waals surface area (Å²) < 4.78 is 1.11. The summed E-state index contributed by atoms with van der Waals surface area (Å²) >= 11 is 3.36. The SMILES string of the molecule is CCc1cc(Br)ccn1. The molecule has 0 fully saturated rings. The standard InChI is InChI=1S/C7H8BrN/c1-2-7-5-6(8)3-4-9-7/h3-5H,2H2,1H3. The van der Waals surface area contributed by atoms with Crippen molar-refractivity contribution in [3.05, 3.63) is 28.5 Å². The second-order valence-corrected chi connectivity index (χ2v) is 2.73. The topological polar surface area (TPSA) is 12.9 Å². The molecule has 0 aliphatic heterocycles. The number of rotatable bonds is 1. The van der Waals surface area contributed by atoms with Crippen LogP contribution in [0, 0.1) is 0 Å². The van der Waals surface area contributed by atoms with E-state index >= 15 is 0 Å². The number of pyridine rings is 1. The highest BCUT2D eigenvalue weighted by Gasteiger charge is 1.88. The molecule has 1 rings (SSSR count). The molecule has 0 unspecified atom stereocenters. The second kappa shape index (κ2) is 2.97. The first-order valence-corrected chi connectivity index (χ1v) is 3.72. The fourth-order valence-corrected chi connectivity index (χ4v) is 1.02. The third-order valence-corrected chi connectivity index (χ3v) is 1.63. The summed E-state index contributed by atoms with van der Waals surface area (Å²) in [5.41, 5.74) is 1.13. The molecule has 0 saturated heterocycles. The summed E-state index contributed by atoms with van der Waals surface area (Å²) in [5.74, 6) is 0. The smallest absolute Gasteiger partial charge is 0.0412 e. The lowest BCUT2D eigenvalue weighted by Crippen LogP contribution is -1.83. The average molecular weight is 186 g/mol. The van der Waals surface area contributed by atoms with E-state index in [2.05, 4.69) is 27.8 Å². The summed E-state index contributed by atoms with van der Waals surface area (Å²) in [6.45, 7) is 2.09. The first-order chi connectivity index (χ1) is 4.33. The second-order valence-electron chi connectivity index (χ2n) is 1.82. The molecule has 1 nitrogen and oxygen atoms in total. The van der Waals surface area contributed by atoms with Crippen LogP contribution in [0.25, 0.3) is 0 Å². The Hall–Kier alpha value is -0.370. The van der Waals surface area contributed by atoms with Crippen LogP contribution in [-0.2, 0) is 6.42 Å². The molecule has 0 spiro atoms. The minimum Gasteiger partial charge on any atom is -0.261 e. The van der Waals surface area contributed by atoms with Gasteiger partial charge in [0.05, 0.1) is 0 Å². The molecule has 0 amide bonds. The third kappa shape index (κ3) is 1.79. The van der Waals surface area contributed by atoms with Gasteiger partial charge in [-0.3, -0.25) is 4.98 Å². The van der Waals surface area contributed by atoms with Gasteiger partial charge in [-0.2, -0.15) is 0 Å². The Morgan fingerprint density at radius 3 is 2.89 bits per heavy atom. The Kier molecular flexibility index (Phi) is 2.22. The minimum atomic E-state index is 0.999. The van der Waals surface area contributed by atoms with E-state index in [1.807, 2.05) is 18.3 Å². The van der Waals surface area contributed by atoms with Gasteiger partial charge in [-0.15, -0.1) is 0 Å².